The van der Waals surface area contributed by atoms with Crippen LogP contribution >= 0.6 is 34.5 Å². The van der Waals surface area contributed by atoms with Crippen LogP contribution in [0.1, 0.15) is 34.3 Å². The van der Waals surface area contributed by atoms with Crippen LogP contribution in [0.5, 0.6) is 0 Å². The van der Waals surface area contributed by atoms with Gasteiger partial charge in [0.25, 0.3) is 5.91 Å². The minimum atomic E-state index is -0.212. The number of ether oxygens (including phenoxy) is 1. The van der Waals surface area contributed by atoms with Crippen LogP contribution in [0.25, 0.3) is 10.2 Å². The Labute approximate surface area is 178 Å². The van der Waals surface area contributed by atoms with Gasteiger partial charge in [-0.05, 0) is 62.1 Å². The number of hydrogen-bond donors (Lipinski definition) is 0. The molecular formula is C21H20Cl2N2O2S. The summed E-state index contributed by atoms with van der Waals surface area (Å²) in [5.74, 6) is -0.212. The van der Waals surface area contributed by atoms with E-state index >= 15 is 0 Å². The Morgan fingerprint density at radius 3 is 2.86 bits per heavy atom. The van der Waals surface area contributed by atoms with Crippen molar-refractivity contribution in [2.24, 2.45) is 0 Å². The van der Waals surface area contributed by atoms with Gasteiger partial charge in [0.05, 0.1) is 33.5 Å². The number of fused-ring (bicyclic) bond motifs is 1. The third-order valence-corrected chi connectivity index (χ3v) is 6.65. The van der Waals surface area contributed by atoms with Gasteiger partial charge in [-0.2, -0.15) is 0 Å². The molecule has 4 nitrogen and oxygen atoms in total. The summed E-state index contributed by atoms with van der Waals surface area (Å²) in [4.78, 5) is 19.9. The first-order valence-electron chi connectivity index (χ1n) is 9.18. The summed E-state index contributed by atoms with van der Waals surface area (Å²) < 4.78 is 6.87. The van der Waals surface area contributed by atoms with E-state index < -0.39 is 0 Å². The third-order valence-electron chi connectivity index (χ3n) is 4.85. The van der Waals surface area contributed by atoms with Gasteiger partial charge in [0.15, 0.2) is 5.13 Å². The Balaban J connectivity index is 1.78. The molecule has 1 unspecified atom stereocenters. The minimum Gasteiger partial charge on any atom is -0.376 e. The zero-order chi connectivity index (χ0) is 19.8. The van der Waals surface area contributed by atoms with Crippen molar-refractivity contribution in [1.82, 2.24) is 4.98 Å². The topological polar surface area (TPSA) is 42.4 Å². The van der Waals surface area contributed by atoms with E-state index in [0.29, 0.717) is 27.3 Å². The monoisotopic (exact) mass is 434 g/mol. The summed E-state index contributed by atoms with van der Waals surface area (Å²) in [6, 6.07) is 9.10. The average Bonchev–Trinajstić information content (AvgIpc) is 3.30. The van der Waals surface area contributed by atoms with Crippen molar-refractivity contribution in [2.45, 2.75) is 32.8 Å². The summed E-state index contributed by atoms with van der Waals surface area (Å²) >= 11 is 13.9. The summed E-state index contributed by atoms with van der Waals surface area (Å²) in [7, 11) is 0. The van der Waals surface area contributed by atoms with E-state index in [1.165, 1.54) is 11.3 Å². The molecule has 7 heteroatoms. The lowest BCUT2D eigenvalue weighted by Crippen LogP contribution is -2.37. The average molecular weight is 435 g/mol. The number of benzene rings is 2. The fourth-order valence-corrected chi connectivity index (χ4v) is 4.92. The molecule has 0 saturated carbocycles. The number of amides is 1. The molecule has 4 rings (SSSR count). The molecule has 2 heterocycles. The highest BCUT2D eigenvalue weighted by molar-refractivity contribution is 7.22. The number of aromatic nitrogens is 1. The van der Waals surface area contributed by atoms with Crippen LogP contribution in [0.4, 0.5) is 5.13 Å². The molecule has 0 aliphatic carbocycles. The van der Waals surface area contributed by atoms with Crippen molar-refractivity contribution in [3.63, 3.8) is 0 Å². The Hall–Kier alpha value is -1.66. The van der Waals surface area contributed by atoms with Crippen LogP contribution in [0.3, 0.4) is 0 Å². The molecule has 2 aromatic carbocycles. The van der Waals surface area contributed by atoms with Crippen LogP contribution in [0.2, 0.25) is 10.0 Å². The highest BCUT2D eigenvalue weighted by Crippen LogP contribution is 2.34. The van der Waals surface area contributed by atoms with E-state index in [0.717, 1.165) is 40.8 Å². The molecule has 28 heavy (non-hydrogen) atoms. The highest BCUT2D eigenvalue weighted by Gasteiger charge is 2.28. The smallest absolute Gasteiger partial charge is 0.261 e. The number of anilines is 1. The Bertz CT molecular complexity index is 1040. The number of halogens is 2. The number of hydrogen-bond acceptors (Lipinski definition) is 4. The number of aryl methyl sites for hydroxylation is 2. The van der Waals surface area contributed by atoms with Crippen LogP contribution in [-0.2, 0) is 4.74 Å². The van der Waals surface area contributed by atoms with Crippen LogP contribution < -0.4 is 4.90 Å². The molecule has 1 aromatic heterocycles. The molecule has 3 aromatic rings. The maximum absolute atomic E-state index is 13.4. The van der Waals surface area contributed by atoms with Gasteiger partial charge in [-0.25, -0.2) is 4.98 Å². The van der Waals surface area contributed by atoms with Gasteiger partial charge < -0.3 is 4.74 Å². The predicted octanol–water partition coefficient (Wildman–Crippen LogP) is 6.05. The fourth-order valence-electron chi connectivity index (χ4n) is 3.53. The molecule has 146 valence electrons. The fraction of sp³-hybridized carbons (Fsp3) is 0.333. The third kappa shape index (κ3) is 3.90. The second kappa shape index (κ2) is 7.99. The van der Waals surface area contributed by atoms with Gasteiger partial charge in [-0.3, -0.25) is 9.69 Å². The second-order valence-electron chi connectivity index (χ2n) is 7.10. The Kier molecular flexibility index (Phi) is 5.61. The van der Waals surface area contributed by atoms with Crippen LogP contribution in [0, 0.1) is 13.8 Å². The van der Waals surface area contributed by atoms with E-state index in [1.807, 2.05) is 13.0 Å². The number of rotatable bonds is 4. The zero-order valence-electron chi connectivity index (χ0n) is 15.7. The van der Waals surface area contributed by atoms with Gasteiger partial charge in [0.2, 0.25) is 0 Å². The molecule has 0 radical (unpaired) electrons. The van der Waals surface area contributed by atoms with E-state index in [2.05, 4.69) is 13.0 Å². The molecular weight excluding hydrogens is 415 g/mol. The van der Waals surface area contributed by atoms with Crippen molar-refractivity contribution in [1.29, 1.82) is 0 Å². The van der Waals surface area contributed by atoms with Gasteiger partial charge in [0, 0.05) is 11.6 Å². The van der Waals surface area contributed by atoms with Crippen molar-refractivity contribution in [2.75, 3.05) is 18.1 Å². The van der Waals surface area contributed by atoms with Crippen molar-refractivity contribution >= 4 is 55.8 Å². The van der Waals surface area contributed by atoms with E-state index in [1.54, 1.807) is 23.1 Å². The van der Waals surface area contributed by atoms with Gasteiger partial charge in [0.1, 0.15) is 0 Å². The molecule has 1 amide bonds. The Morgan fingerprint density at radius 1 is 1.29 bits per heavy atom. The van der Waals surface area contributed by atoms with E-state index in [-0.39, 0.29) is 12.0 Å². The number of nitrogens with zero attached hydrogens (tertiary/aromatic N) is 2. The van der Waals surface area contributed by atoms with Gasteiger partial charge in [-0.15, -0.1) is 0 Å². The number of thiazole rings is 1. The largest absolute Gasteiger partial charge is 0.376 e. The molecule has 1 aliphatic rings. The molecule has 0 spiro atoms. The maximum Gasteiger partial charge on any atom is 0.261 e. The first-order chi connectivity index (χ1) is 13.4. The van der Waals surface area contributed by atoms with Crippen LogP contribution in [0.15, 0.2) is 30.3 Å². The lowest BCUT2D eigenvalue weighted by atomic mass is 10.1. The summed E-state index contributed by atoms with van der Waals surface area (Å²) in [5, 5.41) is 1.50. The Morgan fingerprint density at radius 2 is 2.11 bits per heavy atom. The number of carbonyl (C=O) groups is 1. The first kappa shape index (κ1) is 19.6. The molecule has 1 saturated heterocycles. The van der Waals surface area contributed by atoms with Gasteiger partial charge in [-0.1, -0.05) is 40.6 Å². The van der Waals surface area contributed by atoms with E-state index in [9.17, 15) is 4.79 Å². The SMILES string of the molecule is Cc1cc(C)c2sc(N(CC3CCCO3)C(=O)c3cc(Cl)ccc3Cl)nc2c1. The highest BCUT2D eigenvalue weighted by atomic mass is 35.5. The second-order valence-corrected chi connectivity index (χ2v) is 8.92. The summed E-state index contributed by atoms with van der Waals surface area (Å²) in [6.07, 6.45) is 1.93. The van der Waals surface area contributed by atoms with Crippen molar-refractivity contribution in [3.05, 3.63) is 57.1 Å². The normalized spacial score (nSPS) is 16.6. The van der Waals surface area contributed by atoms with Gasteiger partial charge >= 0.3 is 0 Å². The van der Waals surface area contributed by atoms with E-state index in [4.69, 9.17) is 32.9 Å². The first-order valence-corrected chi connectivity index (χ1v) is 10.8. The molecule has 0 N–H and O–H groups in total. The summed E-state index contributed by atoms with van der Waals surface area (Å²) in [6.45, 7) is 5.28. The van der Waals surface area contributed by atoms with Crippen molar-refractivity contribution in [3.8, 4) is 0 Å². The standard InChI is InChI=1S/C21H20Cl2N2O2S/c1-12-8-13(2)19-18(9-12)24-21(28-19)25(11-15-4-3-7-27-15)20(26)16-10-14(22)5-6-17(16)23/h5-6,8-10,15H,3-4,7,11H2,1-2H3. The zero-order valence-corrected chi connectivity index (χ0v) is 18.0. The minimum absolute atomic E-state index is 0.00300. The van der Waals surface area contributed by atoms with Crippen molar-refractivity contribution < 1.29 is 9.53 Å². The molecule has 1 atom stereocenters. The lowest BCUT2D eigenvalue weighted by Gasteiger charge is -2.23. The molecule has 1 aliphatic heterocycles. The number of carbonyl (C=O) groups excluding carboxylic acids is 1. The van der Waals surface area contributed by atoms with Crippen LogP contribution in [-0.4, -0.2) is 30.1 Å². The maximum atomic E-state index is 13.4. The lowest BCUT2D eigenvalue weighted by molar-refractivity contribution is 0.0917. The quantitative estimate of drug-likeness (QED) is 0.501. The molecule has 0 bridgehead atoms. The predicted molar refractivity (Wildman–Crippen MR) is 116 cm³/mol. The summed E-state index contributed by atoms with van der Waals surface area (Å²) in [5.41, 5.74) is 3.58. The molecule has 1 fully saturated rings.